The van der Waals surface area contributed by atoms with E-state index >= 15 is 0 Å². The average Bonchev–Trinajstić information content (AvgIpc) is 2.77. The highest BCUT2D eigenvalue weighted by Gasteiger charge is 2.19. The molecule has 0 saturated carbocycles. The van der Waals surface area contributed by atoms with E-state index in [2.05, 4.69) is 0 Å². The van der Waals surface area contributed by atoms with Crippen molar-refractivity contribution < 1.29 is 28.5 Å². The molecule has 0 unspecified atom stereocenters. The molecule has 2 aromatic rings. The minimum atomic E-state index is -0.425. The molecule has 0 bridgehead atoms. The molecule has 2 heterocycles. The Bertz CT molecular complexity index is 909. The fourth-order valence-corrected chi connectivity index (χ4v) is 3.04. The van der Waals surface area contributed by atoms with Gasteiger partial charge < -0.3 is 18.9 Å². The third kappa shape index (κ3) is 4.48. The van der Waals surface area contributed by atoms with Gasteiger partial charge in [0.25, 0.3) is 0 Å². The Labute approximate surface area is 168 Å². The molecule has 0 fully saturated rings. The zero-order valence-electron chi connectivity index (χ0n) is 15.8. The number of para-hydroxylation sites is 2. The second-order valence-electron chi connectivity index (χ2n) is 6.62. The van der Waals surface area contributed by atoms with E-state index in [0.717, 1.165) is 22.6 Å². The first-order valence-corrected chi connectivity index (χ1v) is 9.40. The second-order valence-corrected chi connectivity index (χ2v) is 6.62. The third-order valence-electron chi connectivity index (χ3n) is 4.54. The van der Waals surface area contributed by atoms with Gasteiger partial charge in [0.05, 0.1) is 24.4 Å². The third-order valence-corrected chi connectivity index (χ3v) is 4.54. The van der Waals surface area contributed by atoms with Crippen molar-refractivity contribution in [3.8, 4) is 11.5 Å². The van der Waals surface area contributed by atoms with Gasteiger partial charge in [-0.05, 0) is 24.3 Å². The SMILES string of the molecule is O=C(OCCCOC(=O)C1=Cc2ccccc2OC1)C1=Cc2ccccc2OC1. The Balaban J connectivity index is 1.21. The summed E-state index contributed by atoms with van der Waals surface area (Å²) in [6.45, 7) is 0.674. The van der Waals surface area contributed by atoms with Crippen LogP contribution in [0, 0.1) is 0 Å². The molecular weight excluding hydrogens is 372 g/mol. The number of carbonyl (C=O) groups excluding carboxylic acids is 2. The fourth-order valence-electron chi connectivity index (χ4n) is 3.04. The highest BCUT2D eigenvalue weighted by atomic mass is 16.6. The van der Waals surface area contributed by atoms with Gasteiger partial charge in [0.2, 0.25) is 0 Å². The van der Waals surface area contributed by atoms with E-state index in [0.29, 0.717) is 17.6 Å². The Hall–Kier alpha value is -3.54. The molecule has 0 amide bonds. The summed E-state index contributed by atoms with van der Waals surface area (Å²) >= 11 is 0. The van der Waals surface area contributed by atoms with Crippen LogP contribution in [0.1, 0.15) is 17.5 Å². The van der Waals surface area contributed by atoms with E-state index in [9.17, 15) is 9.59 Å². The van der Waals surface area contributed by atoms with E-state index in [1.807, 2.05) is 48.5 Å². The summed E-state index contributed by atoms with van der Waals surface area (Å²) in [5.74, 6) is 0.649. The summed E-state index contributed by atoms with van der Waals surface area (Å²) < 4.78 is 21.6. The molecule has 0 radical (unpaired) electrons. The lowest BCUT2D eigenvalue weighted by Crippen LogP contribution is -2.19. The normalized spacial score (nSPS) is 14.2. The Morgan fingerprint density at radius 2 is 1.17 bits per heavy atom. The van der Waals surface area contributed by atoms with Gasteiger partial charge in [-0.2, -0.15) is 0 Å². The second kappa shape index (κ2) is 8.65. The Kier molecular flexibility index (Phi) is 5.61. The lowest BCUT2D eigenvalue weighted by molar-refractivity contribution is -0.141. The predicted octanol–water partition coefficient (Wildman–Crippen LogP) is 3.41. The van der Waals surface area contributed by atoms with Crippen molar-refractivity contribution >= 4 is 24.1 Å². The molecule has 6 nitrogen and oxygen atoms in total. The Morgan fingerprint density at radius 3 is 1.66 bits per heavy atom. The molecule has 29 heavy (non-hydrogen) atoms. The van der Waals surface area contributed by atoms with Gasteiger partial charge in [0.15, 0.2) is 0 Å². The molecule has 0 N–H and O–H groups in total. The molecule has 2 aromatic carbocycles. The van der Waals surface area contributed by atoms with Crippen molar-refractivity contribution in [3.63, 3.8) is 0 Å². The maximum atomic E-state index is 12.2. The van der Waals surface area contributed by atoms with Gasteiger partial charge in [0, 0.05) is 17.5 Å². The van der Waals surface area contributed by atoms with Crippen LogP contribution in [0.3, 0.4) is 0 Å². The summed E-state index contributed by atoms with van der Waals surface area (Å²) in [7, 11) is 0. The van der Waals surface area contributed by atoms with Crippen molar-refractivity contribution in [1.29, 1.82) is 0 Å². The van der Waals surface area contributed by atoms with Crippen LogP contribution < -0.4 is 9.47 Å². The number of benzene rings is 2. The number of hydrogen-bond donors (Lipinski definition) is 0. The van der Waals surface area contributed by atoms with E-state index in [4.69, 9.17) is 18.9 Å². The molecule has 0 atom stereocenters. The van der Waals surface area contributed by atoms with E-state index in [1.54, 1.807) is 12.2 Å². The first kappa shape index (κ1) is 18.8. The van der Waals surface area contributed by atoms with Gasteiger partial charge in [-0.1, -0.05) is 36.4 Å². The van der Waals surface area contributed by atoms with Gasteiger partial charge in [-0.15, -0.1) is 0 Å². The maximum Gasteiger partial charge on any atom is 0.337 e. The van der Waals surface area contributed by atoms with Crippen LogP contribution in [0.15, 0.2) is 59.7 Å². The van der Waals surface area contributed by atoms with E-state index in [-0.39, 0.29) is 26.4 Å². The largest absolute Gasteiger partial charge is 0.488 e. The van der Waals surface area contributed by atoms with Gasteiger partial charge >= 0.3 is 11.9 Å². The zero-order chi connectivity index (χ0) is 20.1. The van der Waals surface area contributed by atoms with Crippen LogP contribution >= 0.6 is 0 Å². The quantitative estimate of drug-likeness (QED) is 0.554. The monoisotopic (exact) mass is 392 g/mol. The molecule has 2 aliphatic heterocycles. The van der Waals surface area contributed by atoms with Crippen molar-refractivity contribution in [2.45, 2.75) is 6.42 Å². The fraction of sp³-hybridized carbons (Fsp3) is 0.217. The first-order chi connectivity index (χ1) is 14.2. The molecule has 0 spiro atoms. The summed E-state index contributed by atoms with van der Waals surface area (Å²) in [5.41, 5.74) is 2.63. The molecule has 6 heteroatoms. The van der Waals surface area contributed by atoms with E-state index < -0.39 is 11.9 Å². The summed E-state index contributed by atoms with van der Waals surface area (Å²) in [6, 6.07) is 15.0. The zero-order valence-corrected chi connectivity index (χ0v) is 15.8. The number of rotatable bonds is 6. The summed E-state index contributed by atoms with van der Waals surface area (Å²) in [6.07, 6.45) is 3.95. The highest BCUT2D eigenvalue weighted by Crippen LogP contribution is 2.27. The topological polar surface area (TPSA) is 71.1 Å². The number of hydrogen-bond acceptors (Lipinski definition) is 6. The molecule has 0 aromatic heterocycles. The van der Waals surface area contributed by atoms with Gasteiger partial charge in [-0.25, -0.2) is 9.59 Å². The van der Waals surface area contributed by atoms with Crippen molar-refractivity contribution in [3.05, 3.63) is 70.8 Å². The lowest BCUT2D eigenvalue weighted by atomic mass is 10.1. The summed E-state index contributed by atoms with van der Waals surface area (Å²) in [4.78, 5) is 24.3. The molecule has 148 valence electrons. The van der Waals surface area contributed by atoms with Crippen LogP contribution in [-0.2, 0) is 19.1 Å². The molecular formula is C23H20O6. The van der Waals surface area contributed by atoms with Gasteiger partial charge in [0.1, 0.15) is 24.7 Å². The number of carbonyl (C=O) groups is 2. The molecule has 0 aliphatic carbocycles. The van der Waals surface area contributed by atoms with Crippen LogP contribution in [0.4, 0.5) is 0 Å². The Morgan fingerprint density at radius 1 is 0.724 bits per heavy atom. The minimum Gasteiger partial charge on any atom is -0.488 e. The van der Waals surface area contributed by atoms with Crippen LogP contribution in [0.2, 0.25) is 0 Å². The molecule has 0 saturated heterocycles. The molecule has 4 rings (SSSR count). The van der Waals surface area contributed by atoms with Crippen LogP contribution in [0.25, 0.3) is 12.2 Å². The lowest BCUT2D eigenvalue weighted by Gasteiger charge is -2.17. The van der Waals surface area contributed by atoms with Crippen LogP contribution in [0.5, 0.6) is 11.5 Å². The standard InChI is InChI=1S/C23H20O6/c24-22(18-12-16-6-1-3-8-20(16)28-14-18)26-10-5-11-27-23(25)19-13-17-7-2-4-9-21(17)29-15-19/h1-4,6-9,12-13H,5,10-11,14-15H2. The van der Waals surface area contributed by atoms with Crippen molar-refractivity contribution in [1.82, 2.24) is 0 Å². The van der Waals surface area contributed by atoms with Crippen molar-refractivity contribution in [2.24, 2.45) is 0 Å². The smallest absolute Gasteiger partial charge is 0.337 e. The predicted molar refractivity (Wildman–Crippen MR) is 106 cm³/mol. The van der Waals surface area contributed by atoms with Gasteiger partial charge in [-0.3, -0.25) is 0 Å². The highest BCUT2D eigenvalue weighted by molar-refractivity contribution is 5.95. The summed E-state index contributed by atoms with van der Waals surface area (Å²) in [5, 5.41) is 0. The molecule has 2 aliphatic rings. The number of fused-ring (bicyclic) bond motifs is 2. The van der Waals surface area contributed by atoms with Crippen molar-refractivity contribution in [2.75, 3.05) is 26.4 Å². The first-order valence-electron chi connectivity index (χ1n) is 9.40. The number of ether oxygens (including phenoxy) is 4. The minimum absolute atomic E-state index is 0.156. The number of esters is 2. The van der Waals surface area contributed by atoms with Crippen LogP contribution in [-0.4, -0.2) is 38.4 Å². The maximum absolute atomic E-state index is 12.2. The van der Waals surface area contributed by atoms with E-state index in [1.165, 1.54) is 0 Å². The average molecular weight is 392 g/mol.